The first-order valence-corrected chi connectivity index (χ1v) is 4.68. The number of rotatable bonds is 0. The van der Waals surface area contributed by atoms with Gasteiger partial charge in [-0.25, -0.2) is 0 Å². The minimum Gasteiger partial charge on any atom is -0.366 e. The lowest BCUT2D eigenvalue weighted by Crippen LogP contribution is -2.11. The van der Waals surface area contributed by atoms with Crippen LogP contribution >= 0.6 is 27.5 Å². The van der Waals surface area contributed by atoms with E-state index in [1.165, 1.54) is 0 Å². The van der Waals surface area contributed by atoms with E-state index in [-0.39, 0.29) is 0 Å². The summed E-state index contributed by atoms with van der Waals surface area (Å²) < 4.78 is 1.01. The maximum atomic E-state index is 5.91. The van der Waals surface area contributed by atoms with Gasteiger partial charge in [-0.2, -0.15) is 0 Å². The molecule has 0 unspecified atom stereocenters. The maximum Gasteiger partial charge on any atom is 0.135 e. The minimum atomic E-state index is 0.563. The molecular formula is C8H6BrClN2. The molecule has 0 amide bonds. The molecule has 0 aromatic heterocycles. The molecule has 1 N–H and O–H groups in total. The lowest BCUT2D eigenvalue weighted by molar-refractivity contribution is 1.12. The fourth-order valence-corrected chi connectivity index (χ4v) is 1.70. The largest absolute Gasteiger partial charge is 0.366 e. The van der Waals surface area contributed by atoms with Gasteiger partial charge in [-0.05, 0) is 18.2 Å². The summed E-state index contributed by atoms with van der Waals surface area (Å²) in [4.78, 5) is 4.06. The number of aliphatic imine (C=N–C) groups is 1. The van der Waals surface area contributed by atoms with Gasteiger partial charge in [0.1, 0.15) is 11.8 Å². The van der Waals surface area contributed by atoms with Crippen LogP contribution < -0.4 is 5.32 Å². The third-order valence-corrected chi connectivity index (χ3v) is 2.51. The fourth-order valence-electron chi connectivity index (χ4n) is 1.12. The molecule has 0 aliphatic carbocycles. The average Bonchev–Trinajstić information content (AvgIpc) is 2.07. The summed E-state index contributed by atoms with van der Waals surface area (Å²) in [6.07, 6.45) is 0. The molecule has 0 spiro atoms. The molecule has 0 saturated carbocycles. The van der Waals surface area contributed by atoms with Gasteiger partial charge in [0.25, 0.3) is 0 Å². The normalized spacial score (nSPS) is 14.7. The number of hydrogen-bond acceptors (Lipinski definition) is 2. The van der Waals surface area contributed by atoms with Gasteiger partial charge in [0, 0.05) is 15.7 Å². The molecule has 0 fully saturated rings. The summed E-state index contributed by atoms with van der Waals surface area (Å²) in [6, 6.07) is 5.91. The van der Waals surface area contributed by atoms with E-state index in [4.69, 9.17) is 11.6 Å². The van der Waals surface area contributed by atoms with Crippen LogP contribution in [0.25, 0.3) is 0 Å². The summed E-state index contributed by atoms with van der Waals surface area (Å²) in [5.41, 5.74) is 2.00. The number of benzene rings is 1. The second kappa shape index (κ2) is 3.07. The van der Waals surface area contributed by atoms with Crippen molar-refractivity contribution in [2.75, 3.05) is 12.0 Å². The summed E-state index contributed by atoms with van der Waals surface area (Å²) in [7, 11) is 0. The van der Waals surface area contributed by atoms with Crippen molar-refractivity contribution in [3.63, 3.8) is 0 Å². The van der Waals surface area contributed by atoms with Crippen molar-refractivity contribution in [3.05, 3.63) is 28.2 Å². The topological polar surface area (TPSA) is 24.4 Å². The lowest BCUT2D eigenvalue weighted by atomic mass is 10.2. The Morgan fingerprint density at radius 2 is 2.33 bits per heavy atom. The van der Waals surface area contributed by atoms with E-state index in [1.54, 1.807) is 0 Å². The molecule has 62 valence electrons. The SMILES string of the molecule is ClC1=NCNc2ccc(Br)cc21. The second-order valence-electron chi connectivity index (χ2n) is 2.47. The summed E-state index contributed by atoms with van der Waals surface area (Å²) in [6.45, 7) is 0.563. The molecule has 1 aromatic carbocycles. The zero-order valence-corrected chi connectivity index (χ0v) is 8.48. The van der Waals surface area contributed by atoms with Gasteiger partial charge in [-0.15, -0.1) is 0 Å². The highest BCUT2D eigenvalue weighted by atomic mass is 79.9. The van der Waals surface area contributed by atoms with E-state index in [1.807, 2.05) is 18.2 Å². The predicted molar refractivity (Wildman–Crippen MR) is 55.0 cm³/mol. The molecule has 0 atom stereocenters. The van der Waals surface area contributed by atoms with Crippen LogP contribution in [-0.2, 0) is 0 Å². The second-order valence-corrected chi connectivity index (χ2v) is 3.75. The number of nitrogens with zero attached hydrogens (tertiary/aromatic N) is 1. The molecule has 2 nitrogen and oxygen atoms in total. The van der Waals surface area contributed by atoms with Crippen molar-refractivity contribution < 1.29 is 0 Å². The molecule has 2 rings (SSSR count). The molecule has 4 heteroatoms. The Morgan fingerprint density at radius 3 is 3.17 bits per heavy atom. The molecular weight excluding hydrogens is 239 g/mol. The van der Waals surface area contributed by atoms with Crippen LogP contribution in [0.3, 0.4) is 0 Å². The third-order valence-electron chi connectivity index (χ3n) is 1.69. The summed E-state index contributed by atoms with van der Waals surface area (Å²) in [5.74, 6) is 0. The maximum absolute atomic E-state index is 5.91. The van der Waals surface area contributed by atoms with Crippen LogP contribution in [0, 0.1) is 0 Å². The molecule has 1 aromatic rings. The van der Waals surface area contributed by atoms with Gasteiger partial charge in [0.2, 0.25) is 0 Å². The van der Waals surface area contributed by atoms with E-state index in [2.05, 4.69) is 26.2 Å². The quantitative estimate of drug-likeness (QED) is 0.747. The van der Waals surface area contributed by atoms with E-state index >= 15 is 0 Å². The average molecular weight is 246 g/mol. The Balaban J connectivity index is 2.58. The zero-order valence-electron chi connectivity index (χ0n) is 6.14. The molecule has 1 aliphatic heterocycles. The number of anilines is 1. The zero-order chi connectivity index (χ0) is 8.55. The molecule has 1 heterocycles. The Kier molecular flexibility index (Phi) is 2.07. The van der Waals surface area contributed by atoms with Crippen molar-refractivity contribution in [3.8, 4) is 0 Å². The van der Waals surface area contributed by atoms with Gasteiger partial charge in [-0.3, -0.25) is 4.99 Å². The van der Waals surface area contributed by atoms with Crippen molar-refractivity contribution in [1.29, 1.82) is 0 Å². The Labute approximate surface area is 83.8 Å². The van der Waals surface area contributed by atoms with Gasteiger partial charge in [0.05, 0.1) is 0 Å². The predicted octanol–water partition coefficient (Wildman–Crippen LogP) is 2.82. The van der Waals surface area contributed by atoms with Gasteiger partial charge < -0.3 is 5.32 Å². The van der Waals surface area contributed by atoms with Crippen molar-refractivity contribution in [2.24, 2.45) is 4.99 Å². The van der Waals surface area contributed by atoms with Crippen LogP contribution in [0.4, 0.5) is 5.69 Å². The van der Waals surface area contributed by atoms with E-state index in [9.17, 15) is 0 Å². The monoisotopic (exact) mass is 244 g/mol. The first-order chi connectivity index (χ1) is 5.77. The number of nitrogens with one attached hydrogen (secondary N) is 1. The fraction of sp³-hybridized carbons (Fsp3) is 0.125. The van der Waals surface area contributed by atoms with Gasteiger partial charge in [0.15, 0.2) is 0 Å². The highest BCUT2D eigenvalue weighted by molar-refractivity contribution is 9.10. The first-order valence-electron chi connectivity index (χ1n) is 3.51. The smallest absolute Gasteiger partial charge is 0.135 e. The van der Waals surface area contributed by atoms with E-state index < -0.39 is 0 Å². The minimum absolute atomic E-state index is 0.563. The standard InChI is InChI=1S/C8H6BrClN2/c9-5-1-2-7-6(3-5)8(10)12-4-11-7/h1-3,11H,4H2. The van der Waals surface area contributed by atoms with Crippen LogP contribution in [-0.4, -0.2) is 11.8 Å². The Hall–Kier alpha value is -0.540. The molecule has 0 bridgehead atoms. The van der Waals surface area contributed by atoms with Gasteiger partial charge >= 0.3 is 0 Å². The third kappa shape index (κ3) is 1.34. The van der Waals surface area contributed by atoms with Crippen LogP contribution in [0.15, 0.2) is 27.7 Å². The van der Waals surface area contributed by atoms with Crippen LogP contribution in [0.1, 0.15) is 5.56 Å². The van der Waals surface area contributed by atoms with Crippen LogP contribution in [0.5, 0.6) is 0 Å². The Morgan fingerprint density at radius 1 is 1.50 bits per heavy atom. The van der Waals surface area contributed by atoms with Crippen molar-refractivity contribution in [1.82, 2.24) is 0 Å². The van der Waals surface area contributed by atoms with E-state index in [0.29, 0.717) is 11.8 Å². The first kappa shape index (κ1) is 8.08. The van der Waals surface area contributed by atoms with Crippen molar-refractivity contribution in [2.45, 2.75) is 0 Å². The number of fused-ring (bicyclic) bond motifs is 1. The summed E-state index contributed by atoms with van der Waals surface area (Å²) in [5, 5.41) is 3.70. The highest BCUT2D eigenvalue weighted by Gasteiger charge is 2.10. The highest BCUT2D eigenvalue weighted by Crippen LogP contribution is 2.25. The molecule has 12 heavy (non-hydrogen) atoms. The van der Waals surface area contributed by atoms with Crippen LogP contribution in [0.2, 0.25) is 0 Å². The number of hydrogen-bond donors (Lipinski definition) is 1. The molecule has 0 radical (unpaired) electrons. The Bertz CT molecular complexity index is 349. The molecule has 0 saturated heterocycles. The van der Waals surface area contributed by atoms with Gasteiger partial charge in [-0.1, -0.05) is 27.5 Å². The van der Waals surface area contributed by atoms with Crippen molar-refractivity contribution >= 4 is 38.4 Å². The molecule has 1 aliphatic rings. The van der Waals surface area contributed by atoms with E-state index in [0.717, 1.165) is 15.7 Å². The number of halogens is 2. The lowest BCUT2D eigenvalue weighted by Gasteiger charge is -2.14. The summed E-state index contributed by atoms with van der Waals surface area (Å²) >= 11 is 9.28.